The zero-order chi connectivity index (χ0) is 17.7. The molecule has 0 spiro atoms. The van der Waals surface area contributed by atoms with Crippen molar-refractivity contribution in [2.24, 2.45) is 0 Å². The number of carboxylic acids is 1. The number of thioether (sulfide) groups is 1. The molecule has 0 radical (unpaired) electrons. The van der Waals surface area contributed by atoms with Gasteiger partial charge in [0, 0.05) is 29.9 Å². The molecule has 1 aromatic rings. The maximum absolute atomic E-state index is 12.4. The fraction of sp³-hybridized carbons (Fsp3) is 0.438. The monoisotopic (exact) mass is 370 g/mol. The van der Waals surface area contributed by atoms with Gasteiger partial charge in [0.1, 0.15) is 0 Å². The van der Waals surface area contributed by atoms with Crippen molar-refractivity contribution in [3.05, 3.63) is 23.2 Å². The molecule has 2 rings (SSSR count). The van der Waals surface area contributed by atoms with Crippen LogP contribution in [0.15, 0.2) is 23.1 Å². The standard InChI is InChI=1S/C16H19ClN2O4S/c1-19-11-9-10(17)6-7-12(11)24-14(16(19)23)15(22)18-8-4-2-3-5-13(20)21/h6-7,9,14H,2-5,8H2,1H3,(H,18,22)(H,20,21). The summed E-state index contributed by atoms with van der Waals surface area (Å²) < 4.78 is 0. The first-order chi connectivity index (χ1) is 11.4. The number of carbonyl (C=O) groups is 3. The van der Waals surface area contributed by atoms with E-state index < -0.39 is 11.2 Å². The van der Waals surface area contributed by atoms with Crippen LogP contribution in [-0.2, 0) is 14.4 Å². The van der Waals surface area contributed by atoms with Crippen molar-refractivity contribution in [2.75, 3.05) is 18.5 Å². The molecule has 1 aromatic carbocycles. The largest absolute Gasteiger partial charge is 0.481 e. The Morgan fingerprint density at radius 1 is 1.33 bits per heavy atom. The number of rotatable bonds is 7. The molecule has 2 N–H and O–H groups in total. The highest BCUT2D eigenvalue weighted by molar-refractivity contribution is 8.01. The van der Waals surface area contributed by atoms with Crippen molar-refractivity contribution in [3.8, 4) is 0 Å². The van der Waals surface area contributed by atoms with E-state index in [2.05, 4.69) is 5.32 Å². The summed E-state index contributed by atoms with van der Waals surface area (Å²) in [4.78, 5) is 37.4. The van der Waals surface area contributed by atoms with Gasteiger partial charge in [-0.3, -0.25) is 14.4 Å². The first-order valence-electron chi connectivity index (χ1n) is 7.63. The van der Waals surface area contributed by atoms with Crippen LogP contribution in [0.3, 0.4) is 0 Å². The Morgan fingerprint density at radius 3 is 2.79 bits per heavy atom. The molecule has 0 saturated carbocycles. The maximum Gasteiger partial charge on any atom is 0.303 e. The number of amides is 2. The molecule has 24 heavy (non-hydrogen) atoms. The highest BCUT2D eigenvalue weighted by Crippen LogP contribution is 2.39. The molecule has 8 heteroatoms. The van der Waals surface area contributed by atoms with Gasteiger partial charge in [-0.1, -0.05) is 18.0 Å². The molecule has 1 aliphatic heterocycles. The minimum Gasteiger partial charge on any atom is -0.481 e. The lowest BCUT2D eigenvalue weighted by Gasteiger charge is -2.30. The minimum atomic E-state index is -0.817. The number of fused-ring (bicyclic) bond motifs is 1. The Bertz CT molecular complexity index is 653. The van der Waals surface area contributed by atoms with Gasteiger partial charge in [0.25, 0.3) is 0 Å². The molecule has 1 unspecified atom stereocenters. The molecule has 0 aromatic heterocycles. The average Bonchev–Trinajstić information content (AvgIpc) is 2.54. The normalized spacial score (nSPS) is 16.7. The first-order valence-corrected chi connectivity index (χ1v) is 8.89. The molecule has 0 saturated heterocycles. The number of carboxylic acid groups (broad SMARTS) is 1. The fourth-order valence-electron chi connectivity index (χ4n) is 2.37. The number of carbonyl (C=O) groups excluding carboxylic acids is 2. The Morgan fingerprint density at radius 2 is 2.08 bits per heavy atom. The molecule has 130 valence electrons. The number of anilines is 1. The summed E-state index contributed by atoms with van der Waals surface area (Å²) in [7, 11) is 1.63. The lowest BCUT2D eigenvalue weighted by Crippen LogP contribution is -2.47. The van der Waals surface area contributed by atoms with Crippen molar-refractivity contribution < 1.29 is 19.5 Å². The van der Waals surface area contributed by atoms with E-state index in [-0.39, 0.29) is 18.2 Å². The average molecular weight is 371 g/mol. The van der Waals surface area contributed by atoms with Gasteiger partial charge in [0.15, 0.2) is 5.25 Å². The predicted octanol–water partition coefficient (Wildman–Crippen LogP) is 2.54. The van der Waals surface area contributed by atoms with Crippen LogP contribution in [0.4, 0.5) is 5.69 Å². The van der Waals surface area contributed by atoms with Gasteiger partial charge < -0.3 is 15.3 Å². The van der Waals surface area contributed by atoms with Gasteiger partial charge >= 0.3 is 5.97 Å². The van der Waals surface area contributed by atoms with Crippen LogP contribution in [0.25, 0.3) is 0 Å². The summed E-state index contributed by atoms with van der Waals surface area (Å²) in [5.74, 6) is -1.42. The summed E-state index contributed by atoms with van der Waals surface area (Å²) in [6.45, 7) is 0.431. The Kier molecular flexibility index (Phi) is 6.51. The maximum atomic E-state index is 12.4. The number of aliphatic carboxylic acids is 1. The van der Waals surface area contributed by atoms with Crippen LogP contribution < -0.4 is 10.2 Å². The van der Waals surface area contributed by atoms with E-state index in [1.54, 1.807) is 25.2 Å². The fourth-order valence-corrected chi connectivity index (χ4v) is 3.71. The number of nitrogens with one attached hydrogen (secondary N) is 1. The Labute approximate surface area is 149 Å². The number of unbranched alkanes of at least 4 members (excludes halogenated alkanes) is 2. The predicted molar refractivity (Wildman–Crippen MR) is 93.6 cm³/mol. The lowest BCUT2D eigenvalue weighted by atomic mass is 10.2. The summed E-state index contributed by atoms with van der Waals surface area (Å²) in [6.07, 6.45) is 2.13. The van der Waals surface area contributed by atoms with E-state index in [1.165, 1.54) is 16.7 Å². The van der Waals surface area contributed by atoms with E-state index >= 15 is 0 Å². The van der Waals surface area contributed by atoms with Gasteiger partial charge in [0.2, 0.25) is 11.8 Å². The molecule has 0 fully saturated rings. The van der Waals surface area contributed by atoms with Crippen LogP contribution >= 0.6 is 23.4 Å². The summed E-state index contributed by atoms with van der Waals surface area (Å²) in [6, 6.07) is 5.24. The van der Waals surface area contributed by atoms with E-state index in [9.17, 15) is 14.4 Å². The van der Waals surface area contributed by atoms with Crippen molar-refractivity contribution in [1.29, 1.82) is 0 Å². The van der Waals surface area contributed by atoms with Crippen LogP contribution in [-0.4, -0.2) is 41.7 Å². The highest BCUT2D eigenvalue weighted by atomic mass is 35.5. The Hall–Kier alpha value is -1.73. The molecule has 6 nitrogen and oxygen atoms in total. The van der Waals surface area contributed by atoms with Crippen molar-refractivity contribution in [2.45, 2.75) is 35.8 Å². The summed E-state index contributed by atoms with van der Waals surface area (Å²) in [5, 5.41) is 11.0. The molecular formula is C16H19ClN2O4S. The zero-order valence-corrected chi connectivity index (χ0v) is 14.8. The second-order valence-electron chi connectivity index (χ2n) is 5.50. The first kappa shape index (κ1) is 18.6. The number of benzene rings is 1. The van der Waals surface area contributed by atoms with Gasteiger partial charge in [-0.2, -0.15) is 0 Å². The molecule has 2 amide bonds. The van der Waals surface area contributed by atoms with Crippen molar-refractivity contribution in [3.63, 3.8) is 0 Å². The summed E-state index contributed by atoms with van der Waals surface area (Å²) in [5.41, 5.74) is 0.704. The summed E-state index contributed by atoms with van der Waals surface area (Å²) >= 11 is 7.17. The van der Waals surface area contributed by atoms with Gasteiger partial charge in [-0.15, -0.1) is 11.8 Å². The molecule has 0 aliphatic carbocycles. The molecule has 1 heterocycles. The van der Waals surface area contributed by atoms with Gasteiger partial charge in [-0.25, -0.2) is 0 Å². The highest BCUT2D eigenvalue weighted by Gasteiger charge is 2.36. The third kappa shape index (κ3) is 4.64. The van der Waals surface area contributed by atoms with E-state index in [0.29, 0.717) is 30.1 Å². The van der Waals surface area contributed by atoms with Gasteiger partial charge in [-0.05, 0) is 31.0 Å². The van der Waals surface area contributed by atoms with Crippen molar-refractivity contribution in [1.82, 2.24) is 5.32 Å². The second kappa shape index (κ2) is 8.39. The zero-order valence-electron chi connectivity index (χ0n) is 13.3. The lowest BCUT2D eigenvalue weighted by molar-refractivity contribution is -0.137. The van der Waals surface area contributed by atoms with Crippen LogP contribution in [0.2, 0.25) is 5.02 Å². The van der Waals surface area contributed by atoms with E-state index in [1.807, 2.05) is 0 Å². The van der Waals surface area contributed by atoms with E-state index in [0.717, 1.165) is 11.3 Å². The van der Waals surface area contributed by atoms with Crippen LogP contribution in [0.1, 0.15) is 25.7 Å². The smallest absolute Gasteiger partial charge is 0.303 e. The molecule has 1 atom stereocenters. The number of halogens is 1. The third-order valence-corrected chi connectivity index (χ3v) is 5.17. The van der Waals surface area contributed by atoms with Crippen LogP contribution in [0, 0.1) is 0 Å². The SMILES string of the molecule is CN1C(=O)C(C(=O)NCCCCCC(=O)O)Sc2ccc(Cl)cc21. The quantitative estimate of drug-likeness (QED) is 0.569. The van der Waals surface area contributed by atoms with Crippen molar-refractivity contribution >= 4 is 46.8 Å². The molecule has 1 aliphatic rings. The van der Waals surface area contributed by atoms with Gasteiger partial charge in [0.05, 0.1) is 5.69 Å². The number of nitrogens with zero attached hydrogens (tertiary/aromatic N) is 1. The molecular weight excluding hydrogens is 352 g/mol. The van der Waals surface area contributed by atoms with Crippen LogP contribution in [0.5, 0.6) is 0 Å². The van der Waals surface area contributed by atoms with E-state index in [4.69, 9.17) is 16.7 Å². The topological polar surface area (TPSA) is 86.7 Å². The Balaban J connectivity index is 1.88. The molecule has 0 bridgehead atoms. The third-order valence-electron chi connectivity index (χ3n) is 3.69. The number of hydrogen-bond acceptors (Lipinski definition) is 4. The minimum absolute atomic E-state index is 0.134. The number of hydrogen-bond donors (Lipinski definition) is 2. The second-order valence-corrected chi connectivity index (χ2v) is 7.09.